The number of benzene rings is 7. The van der Waals surface area contributed by atoms with Gasteiger partial charge in [-0.15, -0.1) is 0 Å². The van der Waals surface area contributed by atoms with Crippen LogP contribution in [0.25, 0.3) is 54.6 Å². The van der Waals surface area contributed by atoms with Crippen LogP contribution >= 0.6 is 0 Å². The third kappa shape index (κ3) is 4.43. The van der Waals surface area contributed by atoms with Gasteiger partial charge >= 0.3 is 7.12 Å². The molecule has 0 fully saturated rings. The number of anilines is 3. The van der Waals surface area contributed by atoms with Gasteiger partial charge in [-0.05, 0) is 86.7 Å². The molecular formula is C38H26BNO3. The lowest BCUT2D eigenvalue weighted by molar-refractivity contribution is 0.426. The topological polar surface area (TPSA) is 56.8 Å². The van der Waals surface area contributed by atoms with E-state index in [-0.39, 0.29) is 0 Å². The van der Waals surface area contributed by atoms with E-state index in [1.165, 1.54) is 21.5 Å². The van der Waals surface area contributed by atoms with E-state index in [2.05, 4.69) is 120 Å². The van der Waals surface area contributed by atoms with Crippen LogP contribution in [0, 0.1) is 0 Å². The van der Waals surface area contributed by atoms with Crippen molar-refractivity contribution >= 4 is 73.1 Å². The number of hydrogen-bond donors (Lipinski definition) is 2. The van der Waals surface area contributed by atoms with E-state index < -0.39 is 7.12 Å². The number of hydrogen-bond acceptors (Lipinski definition) is 4. The van der Waals surface area contributed by atoms with Crippen molar-refractivity contribution in [3.63, 3.8) is 0 Å². The van der Waals surface area contributed by atoms with Crippen LogP contribution in [-0.2, 0) is 0 Å². The maximum absolute atomic E-state index is 9.68. The summed E-state index contributed by atoms with van der Waals surface area (Å²) in [5, 5.41) is 26.3. The molecule has 7 aromatic carbocycles. The Morgan fingerprint density at radius 1 is 0.465 bits per heavy atom. The fourth-order valence-corrected chi connectivity index (χ4v) is 6.09. The van der Waals surface area contributed by atoms with E-state index >= 15 is 0 Å². The molecule has 204 valence electrons. The van der Waals surface area contributed by atoms with Crippen LogP contribution in [0.1, 0.15) is 0 Å². The van der Waals surface area contributed by atoms with Crippen LogP contribution < -0.4 is 10.4 Å². The minimum absolute atomic E-state index is 0.440. The summed E-state index contributed by atoms with van der Waals surface area (Å²) in [6.07, 6.45) is 0. The highest BCUT2D eigenvalue weighted by Crippen LogP contribution is 2.40. The monoisotopic (exact) mass is 555 g/mol. The van der Waals surface area contributed by atoms with E-state index in [0.29, 0.717) is 5.46 Å². The molecule has 43 heavy (non-hydrogen) atoms. The number of furan rings is 1. The van der Waals surface area contributed by atoms with Crippen LogP contribution in [0.15, 0.2) is 150 Å². The predicted octanol–water partition coefficient (Wildman–Crippen LogP) is 8.71. The van der Waals surface area contributed by atoms with Crippen LogP contribution in [0.2, 0.25) is 0 Å². The van der Waals surface area contributed by atoms with Crippen molar-refractivity contribution in [2.45, 2.75) is 0 Å². The first-order chi connectivity index (χ1) is 21.1. The summed E-state index contributed by atoms with van der Waals surface area (Å²) < 4.78 is 6.39. The highest BCUT2D eigenvalue weighted by molar-refractivity contribution is 6.58. The van der Waals surface area contributed by atoms with Gasteiger partial charge in [-0.25, -0.2) is 0 Å². The van der Waals surface area contributed by atoms with Gasteiger partial charge < -0.3 is 19.4 Å². The third-order valence-corrected chi connectivity index (χ3v) is 8.26. The molecule has 4 nitrogen and oxygen atoms in total. The second kappa shape index (κ2) is 10.2. The Bertz CT molecular complexity index is 2270. The summed E-state index contributed by atoms with van der Waals surface area (Å²) in [5.74, 6) is 0. The molecule has 0 aliphatic carbocycles. The lowest BCUT2D eigenvalue weighted by Crippen LogP contribution is -2.29. The van der Waals surface area contributed by atoms with Gasteiger partial charge in [0.25, 0.3) is 0 Å². The van der Waals surface area contributed by atoms with Gasteiger partial charge in [0.2, 0.25) is 0 Å². The average molecular weight is 555 g/mol. The van der Waals surface area contributed by atoms with Crippen molar-refractivity contribution in [2.24, 2.45) is 0 Å². The molecule has 0 aliphatic rings. The summed E-state index contributed by atoms with van der Waals surface area (Å²) in [4.78, 5) is 2.16. The Hall–Kier alpha value is -5.36. The van der Waals surface area contributed by atoms with E-state index in [1.807, 2.05) is 18.2 Å². The fraction of sp³-hybridized carbons (Fsp3) is 0. The first-order valence-corrected chi connectivity index (χ1v) is 14.3. The number of rotatable bonds is 5. The Balaban J connectivity index is 1.25. The average Bonchev–Trinajstić information content (AvgIpc) is 3.44. The molecule has 0 saturated heterocycles. The lowest BCUT2D eigenvalue weighted by Gasteiger charge is -2.26. The van der Waals surface area contributed by atoms with Gasteiger partial charge in [0.05, 0.1) is 0 Å². The maximum Gasteiger partial charge on any atom is 0.488 e. The van der Waals surface area contributed by atoms with Gasteiger partial charge in [0.1, 0.15) is 11.2 Å². The Morgan fingerprint density at radius 3 is 1.86 bits per heavy atom. The highest BCUT2D eigenvalue weighted by atomic mass is 16.4. The van der Waals surface area contributed by atoms with Crippen LogP contribution in [0.4, 0.5) is 17.1 Å². The van der Waals surface area contributed by atoms with E-state index in [1.54, 1.807) is 12.1 Å². The van der Waals surface area contributed by atoms with Crippen molar-refractivity contribution in [3.05, 3.63) is 146 Å². The molecule has 0 atom stereocenters. The Labute approximate surface area is 248 Å². The minimum Gasteiger partial charge on any atom is -0.456 e. The molecule has 8 aromatic rings. The predicted molar refractivity (Wildman–Crippen MR) is 179 cm³/mol. The smallest absolute Gasteiger partial charge is 0.456 e. The van der Waals surface area contributed by atoms with Crippen molar-refractivity contribution in [3.8, 4) is 11.1 Å². The fourth-order valence-electron chi connectivity index (χ4n) is 6.09. The molecule has 1 aromatic heterocycles. The SMILES string of the molecule is OB(O)c1ccc(N(c2ccc(-c3ccc4ccccc4c3)cc2)c2ccc3c(c2)oc2ccc4ccccc4c23)cc1. The molecule has 0 saturated carbocycles. The van der Waals surface area contributed by atoms with Crippen LogP contribution in [-0.4, -0.2) is 17.2 Å². The standard InChI is InChI=1S/C38H26BNO3/c41-39(42)30-14-18-32(19-15-30)40(31-16-11-26(12-17-31)29-10-9-25-5-1-2-7-28(25)23-29)33-20-21-35-37(24-33)43-36-22-13-27-6-3-4-8-34(27)38(35)36/h1-24,41-42H. The zero-order valence-corrected chi connectivity index (χ0v) is 23.2. The van der Waals surface area contributed by atoms with Crippen molar-refractivity contribution in [2.75, 3.05) is 4.90 Å². The van der Waals surface area contributed by atoms with Crippen LogP contribution in [0.3, 0.4) is 0 Å². The normalized spacial score (nSPS) is 11.5. The summed E-state index contributed by atoms with van der Waals surface area (Å²) >= 11 is 0. The molecule has 2 N–H and O–H groups in total. The largest absolute Gasteiger partial charge is 0.488 e. The molecule has 0 amide bonds. The number of nitrogens with zero attached hydrogens (tertiary/aromatic N) is 1. The summed E-state index contributed by atoms with van der Waals surface area (Å²) in [6, 6.07) is 49.6. The molecule has 8 rings (SSSR count). The van der Waals surface area contributed by atoms with Crippen molar-refractivity contribution in [1.82, 2.24) is 0 Å². The summed E-state index contributed by atoms with van der Waals surface area (Å²) in [5.41, 5.74) is 7.21. The zero-order chi connectivity index (χ0) is 28.9. The van der Waals surface area contributed by atoms with Gasteiger partial charge in [-0.1, -0.05) is 91.0 Å². The highest BCUT2D eigenvalue weighted by Gasteiger charge is 2.18. The van der Waals surface area contributed by atoms with E-state index in [0.717, 1.165) is 50.1 Å². The van der Waals surface area contributed by atoms with Gasteiger partial charge in [0.15, 0.2) is 0 Å². The Morgan fingerprint density at radius 2 is 1.09 bits per heavy atom. The minimum atomic E-state index is -1.52. The molecular weight excluding hydrogens is 529 g/mol. The summed E-state index contributed by atoms with van der Waals surface area (Å²) in [6.45, 7) is 0. The van der Waals surface area contributed by atoms with E-state index in [4.69, 9.17) is 4.42 Å². The zero-order valence-electron chi connectivity index (χ0n) is 23.2. The quantitative estimate of drug-likeness (QED) is 0.209. The van der Waals surface area contributed by atoms with E-state index in [9.17, 15) is 10.0 Å². The van der Waals surface area contributed by atoms with Crippen molar-refractivity contribution in [1.29, 1.82) is 0 Å². The molecule has 1 heterocycles. The first-order valence-electron chi connectivity index (χ1n) is 14.3. The third-order valence-electron chi connectivity index (χ3n) is 8.26. The maximum atomic E-state index is 9.68. The second-order valence-corrected chi connectivity index (χ2v) is 10.9. The van der Waals surface area contributed by atoms with Gasteiger partial charge in [-0.3, -0.25) is 0 Å². The van der Waals surface area contributed by atoms with Crippen molar-refractivity contribution < 1.29 is 14.5 Å². The molecule has 0 aliphatic heterocycles. The van der Waals surface area contributed by atoms with Gasteiger partial charge in [-0.2, -0.15) is 0 Å². The van der Waals surface area contributed by atoms with Crippen LogP contribution in [0.5, 0.6) is 0 Å². The molecule has 5 heteroatoms. The van der Waals surface area contributed by atoms with Gasteiger partial charge in [0, 0.05) is 33.9 Å². The second-order valence-electron chi connectivity index (χ2n) is 10.9. The lowest BCUT2D eigenvalue weighted by atomic mass is 9.80. The number of fused-ring (bicyclic) bond motifs is 6. The summed E-state index contributed by atoms with van der Waals surface area (Å²) in [7, 11) is -1.52. The Kier molecular flexibility index (Phi) is 6.00. The molecule has 0 spiro atoms. The molecule has 0 bridgehead atoms. The first kappa shape index (κ1) is 25.4. The molecule has 0 radical (unpaired) electrons. The molecule has 0 unspecified atom stereocenters.